The molecule has 8 heteroatoms. The summed E-state index contributed by atoms with van der Waals surface area (Å²) in [4.78, 5) is 29.6. The summed E-state index contributed by atoms with van der Waals surface area (Å²) in [6.45, 7) is 9.43. The molecule has 0 unspecified atom stereocenters. The van der Waals surface area contributed by atoms with Crippen LogP contribution in [-0.2, 0) is 9.53 Å². The van der Waals surface area contributed by atoms with Crippen molar-refractivity contribution in [3.8, 4) is 0 Å². The monoisotopic (exact) mass is 336 g/mol. The Balaban J connectivity index is 0.00000441. The van der Waals surface area contributed by atoms with Crippen LogP contribution >= 0.6 is 12.4 Å². The summed E-state index contributed by atoms with van der Waals surface area (Å²) in [5, 5.41) is 3.05. The third-order valence-electron chi connectivity index (χ3n) is 3.70. The van der Waals surface area contributed by atoms with E-state index in [1.807, 2.05) is 28.5 Å². The highest BCUT2D eigenvalue weighted by atomic mass is 35.5. The average Bonchev–Trinajstić information content (AvgIpc) is 2.52. The van der Waals surface area contributed by atoms with E-state index >= 15 is 0 Å². The number of carbonyl (C=O) groups is 2. The zero-order valence-corrected chi connectivity index (χ0v) is 14.7. The lowest BCUT2D eigenvalue weighted by Crippen LogP contribution is -2.55. The van der Waals surface area contributed by atoms with Crippen LogP contribution in [0.25, 0.3) is 0 Å². The van der Waals surface area contributed by atoms with Crippen molar-refractivity contribution in [2.75, 3.05) is 66.1 Å². The van der Waals surface area contributed by atoms with E-state index in [0.717, 1.165) is 13.1 Å². The van der Waals surface area contributed by atoms with Crippen molar-refractivity contribution in [2.45, 2.75) is 13.8 Å². The van der Waals surface area contributed by atoms with Gasteiger partial charge in [-0.15, -0.1) is 12.4 Å². The van der Waals surface area contributed by atoms with Crippen LogP contribution in [0.3, 0.4) is 0 Å². The molecular formula is C14H29ClN4O3. The smallest absolute Gasteiger partial charge is 0.320 e. The summed E-state index contributed by atoms with van der Waals surface area (Å²) < 4.78 is 4.92. The minimum Gasteiger partial charge on any atom is -0.383 e. The summed E-state index contributed by atoms with van der Waals surface area (Å²) in [5.41, 5.74) is 0. The molecule has 1 heterocycles. The van der Waals surface area contributed by atoms with E-state index in [-0.39, 0.29) is 24.3 Å². The maximum absolute atomic E-state index is 12.2. The lowest BCUT2D eigenvalue weighted by atomic mass is 10.3. The van der Waals surface area contributed by atoms with Crippen LogP contribution in [0.4, 0.5) is 4.79 Å². The van der Waals surface area contributed by atoms with Crippen LogP contribution in [0.15, 0.2) is 0 Å². The van der Waals surface area contributed by atoms with Gasteiger partial charge in [0.05, 0.1) is 13.2 Å². The summed E-state index contributed by atoms with van der Waals surface area (Å²) in [5.74, 6) is 0.0843. The molecule has 1 aliphatic heterocycles. The Morgan fingerprint density at radius 2 is 1.64 bits per heavy atom. The van der Waals surface area contributed by atoms with E-state index < -0.39 is 0 Å². The highest BCUT2D eigenvalue weighted by Gasteiger charge is 2.25. The van der Waals surface area contributed by atoms with Gasteiger partial charge < -0.3 is 24.8 Å². The van der Waals surface area contributed by atoms with Gasteiger partial charge in [-0.05, 0) is 13.8 Å². The molecule has 22 heavy (non-hydrogen) atoms. The van der Waals surface area contributed by atoms with E-state index in [9.17, 15) is 9.59 Å². The molecule has 0 saturated carbocycles. The van der Waals surface area contributed by atoms with Crippen molar-refractivity contribution in [2.24, 2.45) is 0 Å². The maximum Gasteiger partial charge on any atom is 0.320 e. The molecule has 1 saturated heterocycles. The molecule has 0 bridgehead atoms. The van der Waals surface area contributed by atoms with E-state index in [1.54, 1.807) is 7.11 Å². The Hall–Kier alpha value is -1.05. The second kappa shape index (κ2) is 11.5. The zero-order chi connectivity index (χ0) is 15.7. The van der Waals surface area contributed by atoms with Crippen LogP contribution in [-0.4, -0.2) is 92.7 Å². The number of rotatable bonds is 7. The number of halogens is 1. The lowest BCUT2D eigenvalue weighted by Gasteiger charge is -2.37. The second-order valence-corrected chi connectivity index (χ2v) is 4.99. The Morgan fingerprint density at radius 1 is 1.09 bits per heavy atom. The van der Waals surface area contributed by atoms with Gasteiger partial charge >= 0.3 is 6.03 Å². The first-order valence-corrected chi connectivity index (χ1v) is 7.65. The SMILES string of the molecule is CCN(CC)C(=O)N1CCN(C(=O)CNCCOC)CC1.Cl. The van der Waals surface area contributed by atoms with Gasteiger partial charge in [0.2, 0.25) is 5.91 Å². The molecule has 130 valence electrons. The molecule has 0 aromatic heterocycles. The number of amides is 3. The standard InChI is InChI=1S/C14H28N4O3.ClH/c1-4-16(5-2)14(20)18-9-7-17(8-10-18)13(19)12-15-6-11-21-3;/h15H,4-12H2,1-3H3;1H. The molecule has 1 aliphatic rings. The quantitative estimate of drug-likeness (QED) is 0.677. The van der Waals surface area contributed by atoms with Crippen LogP contribution in [0.5, 0.6) is 0 Å². The first-order valence-electron chi connectivity index (χ1n) is 7.65. The first-order chi connectivity index (χ1) is 10.1. The van der Waals surface area contributed by atoms with Crippen LogP contribution in [0.2, 0.25) is 0 Å². The van der Waals surface area contributed by atoms with Gasteiger partial charge in [0.25, 0.3) is 0 Å². The molecule has 0 spiro atoms. The highest BCUT2D eigenvalue weighted by molar-refractivity contribution is 5.85. The lowest BCUT2D eigenvalue weighted by molar-refractivity contribution is -0.131. The molecule has 0 aliphatic carbocycles. The van der Waals surface area contributed by atoms with Crippen LogP contribution in [0, 0.1) is 0 Å². The van der Waals surface area contributed by atoms with Crippen LogP contribution < -0.4 is 5.32 Å². The van der Waals surface area contributed by atoms with Crippen molar-refractivity contribution in [1.29, 1.82) is 0 Å². The number of carbonyl (C=O) groups excluding carboxylic acids is 2. The molecule has 3 amide bonds. The first kappa shape index (κ1) is 20.9. The third-order valence-corrected chi connectivity index (χ3v) is 3.70. The summed E-state index contributed by atoms with van der Waals surface area (Å²) >= 11 is 0. The number of urea groups is 1. The minimum absolute atomic E-state index is 0. The number of hydrogen-bond acceptors (Lipinski definition) is 4. The van der Waals surface area contributed by atoms with Crippen LogP contribution in [0.1, 0.15) is 13.8 Å². The Kier molecular flexibility index (Phi) is 11.0. The second-order valence-electron chi connectivity index (χ2n) is 4.99. The molecule has 0 radical (unpaired) electrons. The van der Waals surface area contributed by atoms with Gasteiger partial charge in [-0.25, -0.2) is 4.79 Å². The molecule has 1 N–H and O–H groups in total. The minimum atomic E-state index is 0. The Bertz CT molecular complexity index is 332. The zero-order valence-electron chi connectivity index (χ0n) is 13.8. The van der Waals surface area contributed by atoms with Crippen molar-refractivity contribution < 1.29 is 14.3 Å². The van der Waals surface area contributed by atoms with E-state index in [0.29, 0.717) is 45.9 Å². The van der Waals surface area contributed by atoms with Crippen molar-refractivity contribution in [3.05, 3.63) is 0 Å². The predicted octanol–water partition coefficient (Wildman–Crippen LogP) is 0.250. The number of piperazine rings is 1. The van der Waals surface area contributed by atoms with E-state index in [2.05, 4.69) is 5.32 Å². The van der Waals surface area contributed by atoms with Crippen molar-refractivity contribution >= 4 is 24.3 Å². The highest BCUT2D eigenvalue weighted by Crippen LogP contribution is 2.06. The molecule has 0 atom stereocenters. The molecule has 0 aromatic carbocycles. The number of hydrogen-bond donors (Lipinski definition) is 1. The van der Waals surface area contributed by atoms with Gasteiger partial charge in [0.1, 0.15) is 0 Å². The van der Waals surface area contributed by atoms with Gasteiger partial charge in [0, 0.05) is 52.9 Å². The van der Waals surface area contributed by atoms with Gasteiger partial charge in [-0.2, -0.15) is 0 Å². The largest absolute Gasteiger partial charge is 0.383 e. The molecular weight excluding hydrogens is 308 g/mol. The number of nitrogens with zero attached hydrogens (tertiary/aromatic N) is 3. The maximum atomic E-state index is 12.2. The summed E-state index contributed by atoms with van der Waals surface area (Å²) in [6, 6.07) is 0.0744. The Morgan fingerprint density at radius 3 is 2.14 bits per heavy atom. The summed E-state index contributed by atoms with van der Waals surface area (Å²) in [6.07, 6.45) is 0. The normalized spacial score (nSPS) is 14.5. The predicted molar refractivity (Wildman–Crippen MR) is 88.5 cm³/mol. The fraction of sp³-hybridized carbons (Fsp3) is 0.857. The fourth-order valence-electron chi connectivity index (χ4n) is 2.32. The van der Waals surface area contributed by atoms with Crippen molar-refractivity contribution in [1.82, 2.24) is 20.0 Å². The molecule has 1 rings (SSSR count). The topological polar surface area (TPSA) is 65.1 Å². The fourth-order valence-corrected chi connectivity index (χ4v) is 2.32. The van der Waals surface area contributed by atoms with E-state index in [4.69, 9.17) is 4.74 Å². The third kappa shape index (κ3) is 6.37. The van der Waals surface area contributed by atoms with Crippen molar-refractivity contribution in [3.63, 3.8) is 0 Å². The van der Waals surface area contributed by atoms with Gasteiger partial charge in [-0.1, -0.05) is 0 Å². The van der Waals surface area contributed by atoms with E-state index in [1.165, 1.54) is 0 Å². The molecule has 1 fully saturated rings. The molecule has 0 aromatic rings. The summed E-state index contributed by atoms with van der Waals surface area (Å²) in [7, 11) is 1.63. The number of nitrogens with one attached hydrogen (secondary N) is 1. The number of ether oxygens (including phenoxy) is 1. The van der Waals surface area contributed by atoms with Gasteiger partial charge in [0.15, 0.2) is 0 Å². The number of methoxy groups -OCH3 is 1. The van der Waals surface area contributed by atoms with Gasteiger partial charge in [-0.3, -0.25) is 4.79 Å². The average molecular weight is 337 g/mol. The molecule has 7 nitrogen and oxygen atoms in total. The Labute approximate surface area is 139 Å².